The average Bonchev–Trinajstić information content (AvgIpc) is 3.82. The minimum absolute atomic E-state index is 0.0846. The highest BCUT2D eigenvalue weighted by Crippen LogP contribution is 2.50. The van der Waals surface area contributed by atoms with Crippen molar-refractivity contribution in [2.75, 3.05) is 56.7 Å². The molecule has 2 aromatic rings. The van der Waals surface area contributed by atoms with Crippen LogP contribution in [0, 0.1) is 0 Å². The molecule has 0 bridgehead atoms. The van der Waals surface area contributed by atoms with E-state index >= 15 is 0 Å². The standard InChI is InChI=1S/C24H31N5O3.CH3NO/c1-28(19-6-7-19)23(31)24(8-9-24)20-16-21(29-11-14-32-15-12-29)27-22(26-20)17-2-4-18(5-3-17)25-10-13-30;2-1-3/h2-5,16,19,25,30H,6-15H2,1H3;1H,(H2,2,3). The molecule has 188 valence electrons. The summed E-state index contributed by atoms with van der Waals surface area (Å²) in [6, 6.07) is 10.3. The van der Waals surface area contributed by atoms with Crippen molar-refractivity contribution in [2.24, 2.45) is 5.73 Å². The van der Waals surface area contributed by atoms with Gasteiger partial charge in [0, 0.05) is 50.0 Å². The Bertz CT molecular complexity index is 1020. The van der Waals surface area contributed by atoms with Gasteiger partial charge in [-0.05, 0) is 49.9 Å². The molecule has 0 spiro atoms. The van der Waals surface area contributed by atoms with Crippen LogP contribution >= 0.6 is 0 Å². The predicted molar refractivity (Wildman–Crippen MR) is 133 cm³/mol. The molecular formula is C25H34N6O4. The van der Waals surface area contributed by atoms with Gasteiger partial charge in [-0.25, -0.2) is 9.97 Å². The van der Waals surface area contributed by atoms with Gasteiger partial charge >= 0.3 is 0 Å². The first-order valence-corrected chi connectivity index (χ1v) is 12.1. The lowest BCUT2D eigenvalue weighted by Gasteiger charge is -2.29. The summed E-state index contributed by atoms with van der Waals surface area (Å²) in [5.41, 5.74) is 6.34. The second kappa shape index (κ2) is 11.0. The van der Waals surface area contributed by atoms with Crippen LogP contribution < -0.4 is 16.0 Å². The van der Waals surface area contributed by atoms with Crippen LogP contribution in [0.4, 0.5) is 11.5 Å². The van der Waals surface area contributed by atoms with Crippen LogP contribution in [0.25, 0.3) is 11.4 Å². The second-order valence-electron chi connectivity index (χ2n) is 9.13. The summed E-state index contributed by atoms with van der Waals surface area (Å²) in [4.78, 5) is 36.0. The maximum absolute atomic E-state index is 13.4. The summed E-state index contributed by atoms with van der Waals surface area (Å²) in [6.07, 6.45) is 4.13. The van der Waals surface area contributed by atoms with Gasteiger partial charge in [-0.15, -0.1) is 0 Å². The highest BCUT2D eigenvalue weighted by atomic mass is 16.5. The van der Waals surface area contributed by atoms with Crippen molar-refractivity contribution in [3.05, 3.63) is 36.0 Å². The van der Waals surface area contributed by atoms with E-state index in [1.807, 2.05) is 42.3 Å². The number of primary amides is 1. The van der Waals surface area contributed by atoms with Crippen LogP contribution in [0.5, 0.6) is 0 Å². The number of carbonyl (C=O) groups is 2. The van der Waals surface area contributed by atoms with Gasteiger partial charge in [0.15, 0.2) is 5.82 Å². The van der Waals surface area contributed by atoms with Crippen LogP contribution in [-0.2, 0) is 19.7 Å². The molecule has 3 fully saturated rings. The Hall–Kier alpha value is -3.24. The molecule has 2 aliphatic carbocycles. The first kappa shape index (κ1) is 24.9. The van der Waals surface area contributed by atoms with Crippen molar-refractivity contribution in [3.8, 4) is 11.4 Å². The Labute approximate surface area is 205 Å². The fraction of sp³-hybridized carbons (Fsp3) is 0.520. The third kappa shape index (κ3) is 5.71. The molecule has 1 aliphatic heterocycles. The Morgan fingerprint density at radius 1 is 1.26 bits per heavy atom. The molecule has 4 N–H and O–H groups in total. The molecule has 2 saturated carbocycles. The predicted octanol–water partition coefficient (Wildman–Crippen LogP) is 1.14. The number of hydrogen-bond donors (Lipinski definition) is 3. The lowest BCUT2D eigenvalue weighted by atomic mass is 9.99. The number of carbonyl (C=O) groups excluding carboxylic acids is 2. The van der Waals surface area contributed by atoms with Crippen molar-refractivity contribution >= 4 is 23.8 Å². The Balaban J connectivity index is 0.000000917. The zero-order valence-corrected chi connectivity index (χ0v) is 20.2. The largest absolute Gasteiger partial charge is 0.395 e. The van der Waals surface area contributed by atoms with Gasteiger partial charge in [-0.1, -0.05) is 0 Å². The van der Waals surface area contributed by atoms with E-state index in [1.165, 1.54) is 0 Å². The quantitative estimate of drug-likeness (QED) is 0.477. The van der Waals surface area contributed by atoms with Crippen molar-refractivity contribution in [3.63, 3.8) is 0 Å². The number of nitrogens with one attached hydrogen (secondary N) is 1. The van der Waals surface area contributed by atoms with E-state index in [2.05, 4.69) is 16.0 Å². The van der Waals surface area contributed by atoms with Gasteiger partial charge in [0.05, 0.1) is 30.9 Å². The van der Waals surface area contributed by atoms with Crippen LogP contribution in [-0.4, -0.2) is 84.8 Å². The van der Waals surface area contributed by atoms with E-state index in [4.69, 9.17) is 24.6 Å². The van der Waals surface area contributed by atoms with E-state index < -0.39 is 5.41 Å². The van der Waals surface area contributed by atoms with Gasteiger partial charge in [-0.2, -0.15) is 0 Å². The van der Waals surface area contributed by atoms with Crippen molar-refractivity contribution < 1.29 is 19.4 Å². The topological polar surface area (TPSA) is 134 Å². The maximum Gasteiger partial charge on any atom is 0.234 e. The molecule has 2 heterocycles. The number of ether oxygens (including phenoxy) is 1. The third-order valence-electron chi connectivity index (χ3n) is 6.70. The number of benzene rings is 1. The number of aliphatic hydroxyl groups is 1. The molecule has 3 aliphatic rings. The van der Waals surface area contributed by atoms with Gasteiger partial charge in [0.2, 0.25) is 12.3 Å². The normalized spacial score (nSPS) is 18.2. The molecule has 0 unspecified atom stereocenters. The van der Waals surface area contributed by atoms with Crippen LogP contribution in [0.15, 0.2) is 30.3 Å². The minimum Gasteiger partial charge on any atom is -0.395 e. The molecule has 35 heavy (non-hydrogen) atoms. The smallest absolute Gasteiger partial charge is 0.234 e. The molecule has 0 radical (unpaired) electrons. The highest BCUT2D eigenvalue weighted by Gasteiger charge is 2.55. The zero-order chi connectivity index (χ0) is 24.8. The summed E-state index contributed by atoms with van der Waals surface area (Å²) >= 11 is 0. The van der Waals surface area contributed by atoms with E-state index in [1.54, 1.807) is 0 Å². The van der Waals surface area contributed by atoms with Crippen LogP contribution in [0.2, 0.25) is 0 Å². The van der Waals surface area contributed by atoms with Gasteiger partial charge in [0.25, 0.3) is 0 Å². The number of aromatic nitrogens is 2. The Kier molecular flexibility index (Phi) is 7.82. The van der Waals surface area contributed by atoms with Crippen molar-refractivity contribution in [1.29, 1.82) is 0 Å². The lowest BCUT2D eigenvalue weighted by molar-refractivity contribution is -0.133. The molecule has 10 nitrogen and oxygen atoms in total. The molecule has 5 rings (SSSR count). The minimum atomic E-state index is -0.515. The van der Waals surface area contributed by atoms with Crippen LogP contribution in [0.3, 0.4) is 0 Å². The molecule has 1 saturated heterocycles. The Morgan fingerprint density at radius 3 is 2.49 bits per heavy atom. The molecular weight excluding hydrogens is 448 g/mol. The molecule has 1 aromatic carbocycles. The number of likely N-dealkylation sites (N-methyl/N-ethyl adjacent to an activating group) is 1. The first-order chi connectivity index (χ1) is 17.0. The summed E-state index contributed by atoms with van der Waals surface area (Å²) in [7, 11) is 1.93. The molecule has 2 amide bonds. The van der Waals surface area contributed by atoms with Gasteiger partial charge < -0.3 is 30.7 Å². The van der Waals surface area contributed by atoms with E-state index in [9.17, 15) is 4.79 Å². The number of amides is 2. The monoisotopic (exact) mass is 482 g/mol. The number of rotatable bonds is 8. The van der Waals surface area contributed by atoms with E-state index in [0.717, 1.165) is 61.5 Å². The van der Waals surface area contributed by atoms with Gasteiger partial charge in [-0.3, -0.25) is 9.59 Å². The maximum atomic E-state index is 13.4. The number of anilines is 2. The van der Waals surface area contributed by atoms with E-state index in [-0.39, 0.29) is 18.9 Å². The first-order valence-electron chi connectivity index (χ1n) is 12.1. The number of nitrogens with two attached hydrogens (primary N) is 1. The average molecular weight is 483 g/mol. The number of hydrogen-bond acceptors (Lipinski definition) is 8. The number of morpholine rings is 1. The van der Waals surface area contributed by atoms with Crippen molar-refractivity contribution in [1.82, 2.24) is 14.9 Å². The molecule has 0 atom stereocenters. The lowest BCUT2D eigenvalue weighted by Crippen LogP contribution is -2.39. The molecule has 10 heteroatoms. The summed E-state index contributed by atoms with van der Waals surface area (Å²) in [5, 5.41) is 12.2. The van der Waals surface area contributed by atoms with Gasteiger partial charge in [0.1, 0.15) is 5.82 Å². The number of nitrogens with zero attached hydrogens (tertiary/aromatic N) is 4. The van der Waals surface area contributed by atoms with Crippen molar-refractivity contribution in [2.45, 2.75) is 37.1 Å². The highest BCUT2D eigenvalue weighted by molar-refractivity contribution is 5.91. The SMILES string of the molecule is CN(C(=O)C1(c2cc(N3CCOCC3)nc(-c3ccc(NCCO)cc3)n2)CC1)C1CC1.NC=O. The fourth-order valence-corrected chi connectivity index (χ4v) is 4.37. The second-order valence-corrected chi connectivity index (χ2v) is 9.13. The van der Waals surface area contributed by atoms with E-state index in [0.29, 0.717) is 31.6 Å². The zero-order valence-electron chi connectivity index (χ0n) is 20.2. The van der Waals surface area contributed by atoms with Crippen LogP contribution in [0.1, 0.15) is 31.4 Å². The summed E-state index contributed by atoms with van der Waals surface area (Å²) in [6.45, 7) is 3.50. The summed E-state index contributed by atoms with van der Waals surface area (Å²) in [5.74, 6) is 1.70. The fourth-order valence-electron chi connectivity index (χ4n) is 4.37. The Morgan fingerprint density at radius 2 is 1.91 bits per heavy atom. The number of aliphatic hydroxyl groups excluding tert-OH is 1. The molecule has 1 aromatic heterocycles. The summed E-state index contributed by atoms with van der Waals surface area (Å²) < 4.78 is 5.52. The third-order valence-corrected chi connectivity index (χ3v) is 6.70.